The summed E-state index contributed by atoms with van der Waals surface area (Å²) in [5.74, 6) is 1.04. The monoisotopic (exact) mass is 403 g/mol. The molecule has 0 fully saturated rings. The van der Waals surface area contributed by atoms with Crippen LogP contribution in [0, 0.1) is 0 Å². The quantitative estimate of drug-likeness (QED) is 0.686. The van der Waals surface area contributed by atoms with E-state index in [1.54, 1.807) is 24.3 Å². The summed E-state index contributed by atoms with van der Waals surface area (Å²) in [6, 6.07) is 13.6. The molecule has 3 nitrogen and oxygen atoms in total. The number of hydrogen-bond donors (Lipinski definition) is 1. The van der Waals surface area contributed by atoms with Crippen LogP contribution in [0.5, 0.6) is 5.75 Å². The topological polar surface area (TPSA) is 38.3 Å². The summed E-state index contributed by atoms with van der Waals surface area (Å²) in [7, 11) is 0. The van der Waals surface area contributed by atoms with Crippen LogP contribution in [0.2, 0.25) is 5.02 Å². The molecule has 0 aliphatic carbocycles. The smallest absolute Gasteiger partial charge is 0.422 e. The lowest BCUT2D eigenvalue weighted by molar-refractivity contribution is -0.153. The largest absolute Gasteiger partial charge is 0.484 e. The maximum atomic E-state index is 12.1. The highest BCUT2D eigenvalue weighted by Gasteiger charge is 2.28. The maximum Gasteiger partial charge on any atom is 0.422 e. The summed E-state index contributed by atoms with van der Waals surface area (Å²) in [5.41, 5.74) is 1.86. The van der Waals surface area contributed by atoms with Gasteiger partial charge in [-0.3, -0.25) is 4.79 Å². The Morgan fingerprint density at radius 3 is 2.27 bits per heavy atom. The van der Waals surface area contributed by atoms with Crippen LogP contribution in [0.15, 0.2) is 48.5 Å². The molecular weight excluding hydrogens is 387 g/mol. The minimum atomic E-state index is -4.36. The molecular formula is C18H17ClF3NO2S. The van der Waals surface area contributed by atoms with Gasteiger partial charge in [0.2, 0.25) is 5.91 Å². The molecule has 0 atom stereocenters. The molecule has 0 bridgehead atoms. The zero-order valence-corrected chi connectivity index (χ0v) is 15.3. The molecule has 0 aromatic heterocycles. The second kappa shape index (κ2) is 9.73. The van der Waals surface area contributed by atoms with E-state index in [-0.39, 0.29) is 11.7 Å². The van der Waals surface area contributed by atoms with E-state index >= 15 is 0 Å². The van der Waals surface area contributed by atoms with Crippen molar-refractivity contribution in [2.45, 2.75) is 18.5 Å². The Balaban J connectivity index is 1.67. The van der Waals surface area contributed by atoms with Crippen LogP contribution >= 0.6 is 23.4 Å². The average molecular weight is 404 g/mol. The summed E-state index contributed by atoms with van der Waals surface area (Å²) in [5, 5.41) is 3.44. The first-order valence-electron chi connectivity index (χ1n) is 7.69. The first kappa shape index (κ1) is 20.5. The summed E-state index contributed by atoms with van der Waals surface area (Å²) in [4.78, 5) is 11.8. The lowest BCUT2D eigenvalue weighted by Crippen LogP contribution is -2.24. The predicted octanol–water partition coefficient (Wildman–Crippen LogP) is 4.83. The molecule has 140 valence electrons. The van der Waals surface area contributed by atoms with Crippen molar-refractivity contribution in [3.05, 3.63) is 64.7 Å². The maximum absolute atomic E-state index is 12.1. The van der Waals surface area contributed by atoms with Gasteiger partial charge in [0.1, 0.15) is 5.75 Å². The number of thioether (sulfide) groups is 1. The van der Waals surface area contributed by atoms with Gasteiger partial charge >= 0.3 is 6.18 Å². The minimum Gasteiger partial charge on any atom is -0.484 e. The molecule has 2 rings (SSSR count). The molecule has 0 unspecified atom stereocenters. The van der Waals surface area contributed by atoms with Gasteiger partial charge in [-0.15, -0.1) is 11.8 Å². The number of rotatable bonds is 8. The SMILES string of the molecule is O=C(CSCc1ccc(Cl)cc1)NCc1ccc(OCC(F)(F)F)cc1. The standard InChI is InChI=1S/C18H17ClF3NO2S/c19-15-5-1-14(2-6-15)10-26-11-17(24)23-9-13-3-7-16(8-4-13)25-12-18(20,21)22/h1-8H,9-12H2,(H,23,24). The molecule has 2 aromatic carbocycles. The molecule has 0 saturated heterocycles. The predicted molar refractivity (Wildman–Crippen MR) is 97.5 cm³/mol. The van der Waals surface area contributed by atoms with Crippen LogP contribution in [0.4, 0.5) is 13.2 Å². The number of amides is 1. The zero-order chi connectivity index (χ0) is 19.0. The van der Waals surface area contributed by atoms with Crippen LogP contribution in [0.25, 0.3) is 0 Å². The first-order valence-corrected chi connectivity index (χ1v) is 9.22. The van der Waals surface area contributed by atoms with E-state index in [9.17, 15) is 18.0 Å². The number of hydrogen-bond acceptors (Lipinski definition) is 3. The molecule has 1 amide bonds. The Labute approximate surface area is 158 Å². The summed E-state index contributed by atoms with van der Waals surface area (Å²) in [6.07, 6.45) is -4.36. The van der Waals surface area contributed by atoms with Gasteiger partial charge in [-0.05, 0) is 35.4 Å². The van der Waals surface area contributed by atoms with Crippen molar-refractivity contribution in [1.82, 2.24) is 5.32 Å². The highest BCUT2D eigenvalue weighted by atomic mass is 35.5. The highest BCUT2D eigenvalue weighted by molar-refractivity contribution is 7.99. The van der Waals surface area contributed by atoms with Crippen molar-refractivity contribution < 1.29 is 22.7 Å². The van der Waals surface area contributed by atoms with Gasteiger partial charge in [0.15, 0.2) is 6.61 Å². The van der Waals surface area contributed by atoms with Crippen molar-refractivity contribution in [3.63, 3.8) is 0 Å². The van der Waals surface area contributed by atoms with Crippen molar-refractivity contribution in [2.24, 2.45) is 0 Å². The summed E-state index contributed by atoms with van der Waals surface area (Å²) in [6.45, 7) is -1.02. The van der Waals surface area contributed by atoms with Crippen LogP contribution in [0.3, 0.4) is 0 Å². The fourth-order valence-electron chi connectivity index (χ4n) is 1.96. The number of carbonyl (C=O) groups excluding carboxylic acids is 1. The number of nitrogens with one attached hydrogen (secondary N) is 1. The Morgan fingerprint density at radius 2 is 1.65 bits per heavy atom. The molecule has 26 heavy (non-hydrogen) atoms. The molecule has 0 spiro atoms. The van der Waals surface area contributed by atoms with E-state index in [0.717, 1.165) is 11.1 Å². The van der Waals surface area contributed by atoms with Crippen molar-refractivity contribution in [2.75, 3.05) is 12.4 Å². The summed E-state index contributed by atoms with van der Waals surface area (Å²) < 4.78 is 40.9. The Morgan fingerprint density at radius 1 is 1.04 bits per heavy atom. The van der Waals surface area contributed by atoms with Gasteiger partial charge in [0, 0.05) is 17.3 Å². The molecule has 0 saturated carbocycles. The fourth-order valence-corrected chi connectivity index (χ4v) is 2.91. The fraction of sp³-hybridized carbons (Fsp3) is 0.278. The van der Waals surface area contributed by atoms with Gasteiger partial charge in [-0.2, -0.15) is 13.2 Å². The van der Waals surface area contributed by atoms with Crippen molar-refractivity contribution in [3.8, 4) is 5.75 Å². The van der Waals surface area contributed by atoms with Crippen LogP contribution in [0.1, 0.15) is 11.1 Å². The molecule has 0 radical (unpaired) electrons. The van der Waals surface area contributed by atoms with E-state index < -0.39 is 12.8 Å². The number of carbonyl (C=O) groups is 1. The molecule has 0 aliphatic rings. The van der Waals surface area contributed by atoms with Crippen molar-refractivity contribution in [1.29, 1.82) is 0 Å². The number of benzene rings is 2. The van der Waals surface area contributed by atoms with Crippen LogP contribution in [-0.4, -0.2) is 24.4 Å². The normalized spacial score (nSPS) is 11.2. The third kappa shape index (κ3) is 8.01. The first-order chi connectivity index (χ1) is 12.3. The van der Waals surface area contributed by atoms with Gasteiger partial charge in [0.05, 0.1) is 5.75 Å². The molecule has 2 aromatic rings. The average Bonchev–Trinajstić information content (AvgIpc) is 2.60. The van der Waals surface area contributed by atoms with E-state index in [0.29, 0.717) is 23.1 Å². The second-order valence-corrected chi connectivity index (χ2v) is 6.87. The number of alkyl halides is 3. The molecule has 1 N–H and O–H groups in total. The third-order valence-electron chi connectivity index (χ3n) is 3.23. The molecule has 0 heterocycles. The van der Waals surface area contributed by atoms with Gasteiger partial charge in [-0.1, -0.05) is 35.9 Å². The number of halogens is 4. The number of ether oxygens (including phenoxy) is 1. The van der Waals surface area contributed by atoms with E-state index in [1.165, 1.54) is 23.9 Å². The lowest BCUT2D eigenvalue weighted by atomic mass is 10.2. The summed E-state index contributed by atoms with van der Waals surface area (Å²) >= 11 is 7.30. The third-order valence-corrected chi connectivity index (χ3v) is 4.49. The highest BCUT2D eigenvalue weighted by Crippen LogP contribution is 2.19. The Hall–Kier alpha value is -1.86. The zero-order valence-electron chi connectivity index (χ0n) is 13.7. The Kier molecular flexibility index (Phi) is 7.66. The lowest BCUT2D eigenvalue weighted by Gasteiger charge is -2.10. The van der Waals surface area contributed by atoms with E-state index in [1.807, 2.05) is 12.1 Å². The van der Waals surface area contributed by atoms with Gasteiger partial charge in [0.25, 0.3) is 0 Å². The van der Waals surface area contributed by atoms with Crippen molar-refractivity contribution >= 4 is 29.3 Å². The van der Waals surface area contributed by atoms with Gasteiger partial charge < -0.3 is 10.1 Å². The van der Waals surface area contributed by atoms with E-state index in [4.69, 9.17) is 11.6 Å². The van der Waals surface area contributed by atoms with Gasteiger partial charge in [-0.25, -0.2) is 0 Å². The van der Waals surface area contributed by atoms with Crippen LogP contribution < -0.4 is 10.1 Å². The molecule has 0 aliphatic heterocycles. The van der Waals surface area contributed by atoms with E-state index in [2.05, 4.69) is 10.1 Å². The second-order valence-electron chi connectivity index (χ2n) is 5.44. The van der Waals surface area contributed by atoms with Crippen LogP contribution in [-0.2, 0) is 17.1 Å². The Bertz CT molecular complexity index is 706. The minimum absolute atomic E-state index is 0.110. The molecule has 8 heteroatoms.